The summed E-state index contributed by atoms with van der Waals surface area (Å²) in [6.45, 7) is 8.20. The number of nitrogens with one attached hydrogen (secondary N) is 1. The van der Waals surface area contributed by atoms with Gasteiger partial charge in [0.1, 0.15) is 0 Å². The van der Waals surface area contributed by atoms with Crippen molar-refractivity contribution in [3.63, 3.8) is 0 Å². The van der Waals surface area contributed by atoms with Gasteiger partial charge in [0.2, 0.25) is 5.16 Å². The zero-order valence-electron chi connectivity index (χ0n) is 15.0. The molecule has 0 saturated carbocycles. The summed E-state index contributed by atoms with van der Waals surface area (Å²) in [5, 5.41) is 8.61. The molecule has 0 bridgehead atoms. The molecule has 1 aliphatic rings. The maximum Gasteiger partial charge on any atom is 0.274 e. The Morgan fingerprint density at radius 2 is 1.96 bits per heavy atom. The third-order valence-electron chi connectivity index (χ3n) is 4.28. The Hall–Kier alpha value is -2.00. The molecule has 0 amide bonds. The number of imidazole rings is 1. The van der Waals surface area contributed by atoms with Crippen LogP contribution < -0.4 is 9.62 Å². The van der Waals surface area contributed by atoms with Gasteiger partial charge in [-0.05, 0) is 12.1 Å². The third-order valence-corrected chi connectivity index (χ3v) is 5.70. The fourth-order valence-electron chi connectivity index (χ4n) is 2.68. The molecular formula is C16H24N6O2S. The first-order chi connectivity index (χ1) is 11.7. The Kier molecular flexibility index (Phi) is 4.54. The molecular weight excluding hydrogens is 340 g/mol. The largest absolute Gasteiger partial charge is 0.354 e. The Labute approximate surface area is 148 Å². The lowest BCUT2D eigenvalue weighted by Gasteiger charge is -2.40. The van der Waals surface area contributed by atoms with E-state index in [1.165, 1.54) is 10.8 Å². The summed E-state index contributed by atoms with van der Waals surface area (Å²) in [7, 11) is -1.91. The van der Waals surface area contributed by atoms with Gasteiger partial charge in [0.25, 0.3) is 10.0 Å². The lowest BCUT2D eigenvalue weighted by Crippen LogP contribution is -2.52. The smallest absolute Gasteiger partial charge is 0.274 e. The van der Waals surface area contributed by atoms with Gasteiger partial charge in [-0.2, -0.15) is 5.10 Å². The summed E-state index contributed by atoms with van der Waals surface area (Å²) in [6.07, 6.45) is 3.08. The fourth-order valence-corrected chi connectivity index (χ4v) is 3.91. The quantitative estimate of drug-likeness (QED) is 0.848. The van der Waals surface area contributed by atoms with Gasteiger partial charge in [0, 0.05) is 50.4 Å². The van der Waals surface area contributed by atoms with E-state index in [0.717, 1.165) is 24.6 Å². The summed E-state index contributed by atoms with van der Waals surface area (Å²) < 4.78 is 28.5. The zero-order chi connectivity index (χ0) is 18.2. The summed E-state index contributed by atoms with van der Waals surface area (Å²) in [4.78, 5) is 5.98. The van der Waals surface area contributed by atoms with Gasteiger partial charge in [-0.15, -0.1) is 5.10 Å². The minimum Gasteiger partial charge on any atom is -0.354 e. The molecule has 0 atom stereocenters. The lowest BCUT2D eigenvalue weighted by atomic mass is 9.92. The Morgan fingerprint density at radius 3 is 2.48 bits per heavy atom. The SMILES string of the molecule is Cn1ccnc1S(=O)(=O)NCC1CN(c2ccc(C(C)(C)C)nn2)C1. The highest BCUT2D eigenvalue weighted by Crippen LogP contribution is 2.25. The van der Waals surface area contributed by atoms with E-state index in [1.807, 2.05) is 12.1 Å². The van der Waals surface area contributed by atoms with Crippen LogP contribution in [0.3, 0.4) is 0 Å². The highest BCUT2D eigenvalue weighted by molar-refractivity contribution is 7.89. The summed E-state index contributed by atoms with van der Waals surface area (Å²) in [5.41, 5.74) is 0.933. The molecule has 0 aliphatic carbocycles. The van der Waals surface area contributed by atoms with Crippen molar-refractivity contribution in [2.24, 2.45) is 13.0 Å². The topological polar surface area (TPSA) is 93.0 Å². The number of aryl methyl sites for hydroxylation is 1. The number of hydrogen-bond donors (Lipinski definition) is 1. The van der Waals surface area contributed by atoms with Crippen LogP contribution in [0.25, 0.3) is 0 Å². The monoisotopic (exact) mass is 364 g/mol. The number of anilines is 1. The second kappa shape index (κ2) is 6.38. The predicted molar refractivity (Wildman–Crippen MR) is 94.8 cm³/mol. The number of aromatic nitrogens is 4. The molecule has 25 heavy (non-hydrogen) atoms. The normalized spacial score (nSPS) is 16.1. The van der Waals surface area contributed by atoms with Crippen LogP contribution in [0.2, 0.25) is 0 Å². The Morgan fingerprint density at radius 1 is 1.24 bits per heavy atom. The van der Waals surface area contributed by atoms with E-state index in [-0.39, 0.29) is 16.5 Å². The average molecular weight is 364 g/mol. The van der Waals surface area contributed by atoms with Crippen LogP contribution in [-0.2, 0) is 22.5 Å². The zero-order valence-corrected chi connectivity index (χ0v) is 15.8. The molecule has 8 nitrogen and oxygen atoms in total. The number of sulfonamides is 1. The van der Waals surface area contributed by atoms with E-state index in [1.54, 1.807) is 13.2 Å². The van der Waals surface area contributed by atoms with Gasteiger partial charge in [-0.3, -0.25) is 0 Å². The third kappa shape index (κ3) is 3.82. The molecule has 0 radical (unpaired) electrons. The van der Waals surface area contributed by atoms with Crippen LogP contribution in [0.4, 0.5) is 5.82 Å². The van der Waals surface area contributed by atoms with E-state index >= 15 is 0 Å². The maximum atomic E-state index is 12.2. The van der Waals surface area contributed by atoms with Gasteiger partial charge in [-0.1, -0.05) is 20.8 Å². The van der Waals surface area contributed by atoms with Gasteiger partial charge >= 0.3 is 0 Å². The lowest BCUT2D eigenvalue weighted by molar-refractivity contribution is 0.400. The summed E-state index contributed by atoms with van der Waals surface area (Å²) in [5.74, 6) is 1.08. The van der Waals surface area contributed by atoms with Crippen molar-refractivity contribution in [2.75, 3.05) is 24.5 Å². The van der Waals surface area contributed by atoms with Crippen molar-refractivity contribution in [3.05, 3.63) is 30.2 Å². The van der Waals surface area contributed by atoms with Gasteiger partial charge in [-0.25, -0.2) is 18.1 Å². The number of rotatable bonds is 5. The average Bonchev–Trinajstić information content (AvgIpc) is 2.92. The summed E-state index contributed by atoms with van der Waals surface area (Å²) in [6, 6.07) is 3.97. The minimum atomic E-state index is -3.57. The van der Waals surface area contributed by atoms with Gasteiger partial charge in [0.05, 0.1) is 5.69 Å². The van der Waals surface area contributed by atoms with Crippen molar-refractivity contribution in [2.45, 2.75) is 31.3 Å². The molecule has 1 N–H and O–H groups in total. The van der Waals surface area contributed by atoms with Crippen LogP contribution in [0, 0.1) is 5.92 Å². The first kappa shape index (κ1) is 17.8. The van der Waals surface area contributed by atoms with Crippen LogP contribution in [0.5, 0.6) is 0 Å². The molecule has 136 valence electrons. The highest BCUT2D eigenvalue weighted by atomic mass is 32.2. The van der Waals surface area contributed by atoms with E-state index in [4.69, 9.17) is 0 Å². The van der Waals surface area contributed by atoms with Crippen LogP contribution >= 0.6 is 0 Å². The van der Waals surface area contributed by atoms with Crippen molar-refractivity contribution in [3.8, 4) is 0 Å². The standard InChI is InChI=1S/C16H24N6O2S/c1-16(2,3)13-5-6-14(20-19-13)22-10-12(11-22)9-18-25(23,24)15-17-7-8-21(15)4/h5-8,12,18H,9-11H2,1-4H3. The van der Waals surface area contributed by atoms with E-state index in [2.05, 4.69) is 45.6 Å². The molecule has 3 heterocycles. The van der Waals surface area contributed by atoms with Crippen molar-refractivity contribution in [1.29, 1.82) is 0 Å². The predicted octanol–water partition coefficient (Wildman–Crippen LogP) is 0.922. The molecule has 2 aromatic rings. The van der Waals surface area contributed by atoms with Crippen molar-refractivity contribution >= 4 is 15.8 Å². The second-order valence-electron chi connectivity index (χ2n) is 7.47. The molecule has 3 rings (SSSR count). The molecule has 1 aliphatic heterocycles. The fraction of sp³-hybridized carbons (Fsp3) is 0.562. The van der Waals surface area contributed by atoms with Crippen molar-refractivity contribution in [1.82, 2.24) is 24.5 Å². The number of nitrogens with zero attached hydrogens (tertiary/aromatic N) is 5. The molecule has 2 aromatic heterocycles. The molecule has 0 aromatic carbocycles. The molecule has 1 fully saturated rings. The molecule has 0 spiro atoms. The Balaban J connectivity index is 1.52. The first-order valence-electron chi connectivity index (χ1n) is 8.23. The van der Waals surface area contributed by atoms with Gasteiger partial charge < -0.3 is 9.47 Å². The van der Waals surface area contributed by atoms with Crippen molar-refractivity contribution < 1.29 is 8.42 Å². The molecule has 1 saturated heterocycles. The van der Waals surface area contributed by atoms with E-state index < -0.39 is 10.0 Å². The van der Waals surface area contributed by atoms with E-state index in [9.17, 15) is 8.42 Å². The maximum absolute atomic E-state index is 12.2. The van der Waals surface area contributed by atoms with Crippen LogP contribution in [0.15, 0.2) is 29.7 Å². The number of hydrogen-bond acceptors (Lipinski definition) is 6. The van der Waals surface area contributed by atoms with E-state index in [0.29, 0.717) is 6.54 Å². The molecule has 9 heteroatoms. The molecule has 0 unspecified atom stereocenters. The van der Waals surface area contributed by atoms with Gasteiger partial charge in [0.15, 0.2) is 5.82 Å². The van der Waals surface area contributed by atoms with Crippen LogP contribution in [0.1, 0.15) is 26.5 Å². The minimum absolute atomic E-state index is 0.0216. The second-order valence-corrected chi connectivity index (χ2v) is 9.13. The highest BCUT2D eigenvalue weighted by Gasteiger charge is 2.30. The first-order valence-corrected chi connectivity index (χ1v) is 9.71. The van der Waals surface area contributed by atoms with Crippen LogP contribution in [-0.4, -0.2) is 47.8 Å². The summed E-state index contributed by atoms with van der Waals surface area (Å²) >= 11 is 0. The Bertz CT molecular complexity index is 832.